The highest BCUT2D eigenvalue weighted by Gasteiger charge is 2.36. The smallest absolute Gasteiger partial charge is 0.309 e. The Morgan fingerprint density at radius 3 is 2.78 bits per heavy atom. The molecule has 0 amide bonds. The average molecular weight is 436 g/mol. The zero-order valence-electron chi connectivity index (χ0n) is 19.3. The van der Waals surface area contributed by atoms with Gasteiger partial charge in [0.2, 0.25) is 5.89 Å². The molecule has 0 saturated heterocycles. The second-order valence-corrected chi connectivity index (χ2v) is 8.57. The number of methoxy groups -OCH3 is 1. The summed E-state index contributed by atoms with van der Waals surface area (Å²) in [6.45, 7) is 4.76. The lowest BCUT2D eigenvalue weighted by Gasteiger charge is -2.24. The normalized spacial score (nSPS) is 21.0. The molecule has 3 unspecified atom stereocenters. The van der Waals surface area contributed by atoms with Gasteiger partial charge >= 0.3 is 5.97 Å². The molecule has 2 aromatic rings. The molecule has 0 radical (unpaired) electrons. The molecule has 170 valence electrons. The van der Waals surface area contributed by atoms with Gasteiger partial charge in [-0.25, -0.2) is 4.98 Å². The third-order valence-corrected chi connectivity index (χ3v) is 6.72. The quantitative estimate of drug-likeness (QED) is 0.473. The van der Waals surface area contributed by atoms with Crippen LogP contribution in [-0.4, -0.2) is 30.8 Å². The molecule has 32 heavy (non-hydrogen) atoms. The Balaban J connectivity index is 1.34. The van der Waals surface area contributed by atoms with Crippen LogP contribution in [-0.2, 0) is 27.1 Å². The van der Waals surface area contributed by atoms with Gasteiger partial charge in [-0.05, 0) is 49.3 Å². The summed E-state index contributed by atoms with van der Waals surface area (Å²) < 4.78 is 17.2. The molecule has 0 spiro atoms. The van der Waals surface area contributed by atoms with E-state index in [9.17, 15) is 4.79 Å². The number of rotatable bonds is 9. The van der Waals surface area contributed by atoms with Crippen LogP contribution in [0.2, 0.25) is 0 Å². The number of carbonyl (C=O) groups excluding carboxylic acids is 1. The van der Waals surface area contributed by atoms with Gasteiger partial charge in [-0.15, -0.1) is 0 Å². The Morgan fingerprint density at radius 2 is 2.06 bits per heavy atom. The first-order valence-corrected chi connectivity index (χ1v) is 11.8. The Bertz CT molecular complexity index is 988. The van der Waals surface area contributed by atoms with E-state index in [2.05, 4.69) is 26.0 Å². The van der Waals surface area contributed by atoms with Gasteiger partial charge in [0.25, 0.3) is 0 Å². The van der Waals surface area contributed by atoms with Gasteiger partial charge < -0.3 is 13.9 Å². The fourth-order valence-electron chi connectivity index (χ4n) is 5.04. The molecule has 0 bridgehead atoms. The zero-order chi connectivity index (χ0) is 22.5. The number of allylic oxidation sites excluding steroid dienone is 2. The predicted molar refractivity (Wildman–Crippen MR) is 124 cm³/mol. The summed E-state index contributed by atoms with van der Waals surface area (Å²) in [5, 5.41) is 0. The topological polar surface area (TPSA) is 61.6 Å². The first-order chi connectivity index (χ1) is 15.6. The molecule has 0 saturated carbocycles. The molecule has 0 N–H and O–H groups in total. The van der Waals surface area contributed by atoms with E-state index in [1.165, 1.54) is 18.3 Å². The molecular formula is C27H33NO4. The fraction of sp³-hybridized carbons (Fsp3) is 0.481. The highest BCUT2D eigenvalue weighted by atomic mass is 16.5. The fourth-order valence-corrected chi connectivity index (χ4v) is 5.04. The molecule has 0 aliphatic heterocycles. The van der Waals surface area contributed by atoms with Crippen molar-refractivity contribution in [2.24, 2.45) is 11.8 Å². The van der Waals surface area contributed by atoms with Gasteiger partial charge in [0.1, 0.15) is 5.76 Å². The van der Waals surface area contributed by atoms with Gasteiger partial charge in [0.05, 0.1) is 31.4 Å². The molecule has 3 atom stereocenters. The summed E-state index contributed by atoms with van der Waals surface area (Å²) in [6, 6.07) is 10.0. The molecule has 2 aliphatic carbocycles. The standard InChI is InChI=1S/C27H33NO4/c1-4-21(27(29)30-3)23-13-11-19-17-20(12-14-22(19)23)31-16-15-24-25(5-2)32-26(28-24)18-9-7-6-8-10-18/h6-10,12,14,20-21,23H,4-5,11,13,15-17H2,1-3H3. The molecule has 0 fully saturated rings. The van der Waals surface area contributed by atoms with E-state index in [4.69, 9.17) is 18.9 Å². The van der Waals surface area contributed by atoms with Crippen molar-refractivity contribution in [2.75, 3.05) is 13.7 Å². The number of carbonyl (C=O) groups is 1. The predicted octanol–water partition coefficient (Wildman–Crippen LogP) is 5.70. The maximum Gasteiger partial charge on any atom is 0.309 e. The van der Waals surface area contributed by atoms with Crippen LogP contribution in [0.4, 0.5) is 0 Å². The van der Waals surface area contributed by atoms with Crippen LogP contribution in [0, 0.1) is 11.8 Å². The summed E-state index contributed by atoms with van der Waals surface area (Å²) in [4.78, 5) is 16.9. The SMILES string of the molecule is CCc1oc(-c2ccccc2)nc1CCOC1C=CC2=C(CCC2C(CC)C(=O)OC)C1. The highest BCUT2D eigenvalue weighted by Crippen LogP contribution is 2.43. The monoisotopic (exact) mass is 435 g/mol. The molecule has 5 nitrogen and oxygen atoms in total. The Labute approximate surface area is 190 Å². The Morgan fingerprint density at radius 1 is 1.25 bits per heavy atom. The van der Waals surface area contributed by atoms with Crippen LogP contribution in [0.25, 0.3) is 11.5 Å². The van der Waals surface area contributed by atoms with Gasteiger partial charge in [-0.2, -0.15) is 0 Å². The van der Waals surface area contributed by atoms with E-state index in [0.717, 1.165) is 55.5 Å². The maximum absolute atomic E-state index is 12.2. The number of hydrogen-bond acceptors (Lipinski definition) is 5. The number of nitrogens with zero attached hydrogens (tertiary/aromatic N) is 1. The molecule has 5 heteroatoms. The van der Waals surface area contributed by atoms with Crippen molar-refractivity contribution in [3.05, 3.63) is 65.1 Å². The summed E-state index contributed by atoms with van der Waals surface area (Å²) in [5.41, 5.74) is 4.75. The maximum atomic E-state index is 12.2. The van der Waals surface area contributed by atoms with Crippen molar-refractivity contribution in [1.82, 2.24) is 4.98 Å². The molecule has 1 aromatic heterocycles. The Hall–Kier alpha value is -2.66. The summed E-state index contributed by atoms with van der Waals surface area (Å²) >= 11 is 0. The minimum atomic E-state index is -0.0905. The van der Waals surface area contributed by atoms with Crippen LogP contribution >= 0.6 is 0 Å². The number of aromatic nitrogens is 1. The largest absolute Gasteiger partial charge is 0.469 e. The van der Waals surface area contributed by atoms with Crippen molar-refractivity contribution >= 4 is 5.97 Å². The Kier molecular flexibility index (Phi) is 7.26. The molecular weight excluding hydrogens is 402 g/mol. The number of aryl methyl sites for hydroxylation is 1. The van der Waals surface area contributed by atoms with Crippen LogP contribution in [0.3, 0.4) is 0 Å². The molecule has 2 aliphatic rings. The van der Waals surface area contributed by atoms with Crippen molar-refractivity contribution in [3.8, 4) is 11.5 Å². The zero-order valence-corrected chi connectivity index (χ0v) is 19.3. The van der Waals surface area contributed by atoms with E-state index >= 15 is 0 Å². The molecule has 4 rings (SSSR count). The van der Waals surface area contributed by atoms with Crippen molar-refractivity contribution in [2.45, 2.75) is 58.5 Å². The first kappa shape index (κ1) is 22.5. The lowest BCUT2D eigenvalue weighted by atomic mass is 9.83. The minimum Gasteiger partial charge on any atom is -0.469 e. The van der Waals surface area contributed by atoms with Crippen molar-refractivity contribution in [3.63, 3.8) is 0 Å². The van der Waals surface area contributed by atoms with E-state index in [0.29, 0.717) is 12.5 Å². The molecule has 1 heterocycles. The van der Waals surface area contributed by atoms with Crippen LogP contribution in [0.5, 0.6) is 0 Å². The van der Waals surface area contributed by atoms with Crippen LogP contribution < -0.4 is 0 Å². The number of esters is 1. The van der Waals surface area contributed by atoms with Gasteiger partial charge in [-0.1, -0.05) is 49.8 Å². The summed E-state index contributed by atoms with van der Waals surface area (Å²) in [7, 11) is 1.48. The average Bonchev–Trinajstić information content (AvgIpc) is 3.44. The van der Waals surface area contributed by atoms with E-state index in [1.807, 2.05) is 30.3 Å². The third kappa shape index (κ3) is 4.73. The third-order valence-electron chi connectivity index (χ3n) is 6.72. The van der Waals surface area contributed by atoms with Crippen molar-refractivity contribution in [1.29, 1.82) is 0 Å². The van der Waals surface area contributed by atoms with Crippen LogP contribution in [0.1, 0.15) is 51.0 Å². The number of ether oxygens (including phenoxy) is 2. The lowest BCUT2D eigenvalue weighted by molar-refractivity contribution is -0.147. The van der Waals surface area contributed by atoms with Gasteiger partial charge in [0.15, 0.2) is 0 Å². The number of oxazole rings is 1. The van der Waals surface area contributed by atoms with Crippen molar-refractivity contribution < 1.29 is 18.7 Å². The lowest BCUT2D eigenvalue weighted by Crippen LogP contribution is -2.25. The summed E-state index contributed by atoms with van der Waals surface area (Å²) in [6.07, 6.45) is 9.76. The van der Waals surface area contributed by atoms with Crippen LogP contribution in [0.15, 0.2) is 58.0 Å². The van der Waals surface area contributed by atoms with E-state index in [-0.39, 0.29) is 23.9 Å². The second-order valence-electron chi connectivity index (χ2n) is 8.57. The highest BCUT2D eigenvalue weighted by molar-refractivity contribution is 5.73. The van der Waals surface area contributed by atoms with Gasteiger partial charge in [-0.3, -0.25) is 4.79 Å². The number of benzene rings is 1. The minimum absolute atomic E-state index is 0.0481. The van der Waals surface area contributed by atoms with Gasteiger partial charge in [0, 0.05) is 18.4 Å². The summed E-state index contributed by atoms with van der Waals surface area (Å²) in [5.74, 6) is 1.75. The van der Waals surface area contributed by atoms with E-state index in [1.54, 1.807) is 0 Å². The first-order valence-electron chi connectivity index (χ1n) is 11.8. The van der Waals surface area contributed by atoms with E-state index < -0.39 is 0 Å². The molecule has 1 aromatic carbocycles. The second kappa shape index (κ2) is 10.3. The number of hydrogen-bond donors (Lipinski definition) is 0.